The van der Waals surface area contributed by atoms with Crippen LogP contribution >= 0.6 is 0 Å². The minimum absolute atomic E-state index is 0.0288. The molecule has 8 heteroatoms. The fourth-order valence-electron chi connectivity index (χ4n) is 1.67. The van der Waals surface area contributed by atoms with Crippen LogP contribution in [0.15, 0.2) is 33.7 Å². The highest BCUT2D eigenvalue weighted by molar-refractivity contribution is 7.89. The lowest BCUT2D eigenvalue weighted by molar-refractivity contribution is 0.372. The minimum Gasteiger partial charge on any atom is -0.385 e. The number of aryl methyl sites for hydroxylation is 1. The summed E-state index contributed by atoms with van der Waals surface area (Å²) in [5, 5.41) is 6.79. The summed E-state index contributed by atoms with van der Waals surface area (Å²) in [6.07, 6.45) is 1.01. The monoisotopic (exact) mass is 310 g/mol. The lowest BCUT2D eigenvalue weighted by atomic mass is 10.3. The van der Waals surface area contributed by atoms with Gasteiger partial charge < -0.3 is 9.84 Å². The molecule has 0 radical (unpaired) electrons. The van der Waals surface area contributed by atoms with Crippen molar-refractivity contribution in [2.24, 2.45) is 0 Å². The Morgan fingerprint density at radius 2 is 1.95 bits per heavy atom. The summed E-state index contributed by atoms with van der Waals surface area (Å²) in [6, 6.07) is 6.58. The normalized spacial score (nSPS) is 11.5. The summed E-state index contributed by atoms with van der Waals surface area (Å²) in [4.78, 5) is 4.14. The first-order valence-electron chi connectivity index (χ1n) is 6.64. The van der Waals surface area contributed by atoms with Crippen LogP contribution in [0, 0.1) is 6.92 Å². The molecule has 0 fully saturated rings. The molecule has 1 aromatic carbocycles. The van der Waals surface area contributed by atoms with E-state index >= 15 is 0 Å². The molecule has 0 amide bonds. The molecule has 0 unspecified atom stereocenters. The maximum atomic E-state index is 12.1. The van der Waals surface area contributed by atoms with E-state index in [4.69, 9.17) is 4.52 Å². The second kappa shape index (κ2) is 6.68. The van der Waals surface area contributed by atoms with Crippen LogP contribution in [-0.4, -0.2) is 25.1 Å². The summed E-state index contributed by atoms with van der Waals surface area (Å²) >= 11 is 0. The number of sulfonamides is 1. The number of rotatable bonds is 7. The topological polar surface area (TPSA) is 97.1 Å². The zero-order valence-corrected chi connectivity index (χ0v) is 12.8. The van der Waals surface area contributed by atoms with Gasteiger partial charge >= 0.3 is 0 Å². The molecule has 0 saturated heterocycles. The first-order valence-corrected chi connectivity index (χ1v) is 8.12. The van der Waals surface area contributed by atoms with E-state index in [2.05, 4.69) is 27.1 Å². The van der Waals surface area contributed by atoms with Gasteiger partial charge in [-0.1, -0.05) is 12.1 Å². The van der Waals surface area contributed by atoms with E-state index in [1.807, 2.05) is 0 Å². The minimum atomic E-state index is -3.59. The average Bonchev–Trinajstić information content (AvgIpc) is 2.89. The van der Waals surface area contributed by atoms with Crippen molar-refractivity contribution in [1.29, 1.82) is 0 Å². The van der Waals surface area contributed by atoms with Gasteiger partial charge in [-0.3, -0.25) is 0 Å². The van der Waals surface area contributed by atoms with Crippen LogP contribution in [0.25, 0.3) is 0 Å². The molecule has 0 aliphatic rings. The Morgan fingerprint density at radius 1 is 1.24 bits per heavy atom. The fraction of sp³-hybridized carbons (Fsp3) is 0.385. The highest BCUT2D eigenvalue weighted by atomic mass is 32.2. The van der Waals surface area contributed by atoms with E-state index in [0.29, 0.717) is 5.82 Å². The molecule has 0 spiro atoms. The van der Waals surface area contributed by atoms with Gasteiger partial charge in [0.15, 0.2) is 5.82 Å². The summed E-state index contributed by atoms with van der Waals surface area (Å²) in [5.74, 6) is 0.702. The Morgan fingerprint density at radius 3 is 2.52 bits per heavy atom. The van der Waals surface area contributed by atoms with Crippen LogP contribution in [-0.2, 0) is 16.6 Å². The summed E-state index contributed by atoms with van der Waals surface area (Å²) in [7, 11) is -3.59. The molecule has 0 atom stereocenters. The molecule has 1 aromatic heterocycles. The molecule has 0 bridgehead atoms. The third kappa shape index (κ3) is 4.27. The van der Waals surface area contributed by atoms with Crippen LogP contribution in [0.5, 0.6) is 0 Å². The third-order valence-electron chi connectivity index (χ3n) is 2.73. The molecule has 0 saturated carbocycles. The van der Waals surface area contributed by atoms with E-state index in [-0.39, 0.29) is 17.3 Å². The van der Waals surface area contributed by atoms with Crippen molar-refractivity contribution in [3.63, 3.8) is 0 Å². The van der Waals surface area contributed by atoms with Crippen molar-refractivity contribution >= 4 is 15.7 Å². The molecular formula is C13H18N4O3S. The van der Waals surface area contributed by atoms with Gasteiger partial charge in [0.1, 0.15) is 0 Å². The maximum absolute atomic E-state index is 12.1. The summed E-state index contributed by atoms with van der Waals surface area (Å²) in [6.45, 7) is 4.55. The molecule has 114 valence electrons. The largest absolute Gasteiger partial charge is 0.385 e. The molecule has 0 aliphatic carbocycles. The van der Waals surface area contributed by atoms with Gasteiger partial charge in [0, 0.05) is 12.2 Å². The Balaban J connectivity index is 2.01. The number of aromatic nitrogens is 2. The predicted octanol–water partition coefficient (Wildman–Crippen LogP) is 1.68. The zero-order chi connectivity index (χ0) is 15.3. The van der Waals surface area contributed by atoms with E-state index in [9.17, 15) is 8.42 Å². The third-order valence-corrected chi connectivity index (χ3v) is 4.14. The highest BCUT2D eigenvalue weighted by Crippen LogP contribution is 2.14. The molecule has 7 nitrogen and oxygen atoms in total. The van der Waals surface area contributed by atoms with Gasteiger partial charge in [0.25, 0.3) is 0 Å². The Kier molecular flexibility index (Phi) is 4.92. The van der Waals surface area contributed by atoms with E-state index < -0.39 is 10.0 Å². The lowest BCUT2D eigenvalue weighted by Crippen LogP contribution is -2.23. The van der Waals surface area contributed by atoms with Crippen LogP contribution in [0.1, 0.15) is 25.1 Å². The average molecular weight is 310 g/mol. The number of hydrogen-bond acceptors (Lipinski definition) is 6. The zero-order valence-electron chi connectivity index (χ0n) is 12.0. The molecule has 21 heavy (non-hydrogen) atoms. The van der Waals surface area contributed by atoms with Gasteiger partial charge in [-0.15, -0.1) is 0 Å². The molecule has 2 aromatic rings. The molecular weight excluding hydrogens is 292 g/mol. The Bertz CT molecular complexity index is 680. The van der Waals surface area contributed by atoms with Gasteiger partial charge in [0.2, 0.25) is 15.9 Å². The second-order valence-electron chi connectivity index (χ2n) is 4.51. The first kappa shape index (κ1) is 15.5. The van der Waals surface area contributed by atoms with Crippen LogP contribution < -0.4 is 10.0 Å². The van der Waals surface area contributed by atoms with Gasteiger partial charge in [-0.05, 0) is 37.6 Å². The van der Waals surface area contributed by atoms with Crippen LogP contribution in [0.3, 0.4) is 0 Å². The second-order valence-corrected chi connectivity index (χ2v) is 6.28. The quantitative estimate of drug-likeness (QED) is 0.807. The van der Waals surface area contributed by atoms with Crippen molar-refractivity contribution < 1.29 is 12.9 Å². The standard InChI is InChI=1S/C13H18N4O3S/c1-3-8-14-11-4-6-12(7-5-11)21(18,19)15-9-13-16-10(2)17-20-13/h4-7,14-15H,3,8-9H2,1-2H3. The number of nitrogens with one attached hydrogen (secondary N) is 2. The molecule has 1 heterocycles. The summed E-state index contributed by atoms with van der Waals surface area (Å²) in [5.41, 5.74) is 0.892. The molecule has 0 aliphatic heterocycles. The Hall–Kier alpha value is -1.93. The van der Waals surface area contributed by atoms with Gasteiger partial charge in [-0.25, -0.2) is 13.1 Å². The van der Waals surface area contributed by atoms with Crippen molar-refractivity contribution in [3.05, 3.63) is 36.0 Å². The van der Waals surface area contributed by atoms with Gasteiger partial charge in [0.05, 0.1) is 11.4 Å². The predicted molar refractivity (Wildman–Crippen MR) is 78.3 cm³/mol. The maximum Gasteiger partial charge on any atom is 0.241 e. The van der Waals surface area contributed by atoms with Crippen LogP contribution in [0.2, 0.25) is 0 Å². The Labute approximate surface area is 123 Å². The smallest absolute Gasteiger partial charge is 0.241 e. The van der Waals surface area contributed by atoms with E-state index in [1.165, 1.54) is 0 Å². The van der Waals surface area contributed by atoms with Crippen molar-refractivity contribution in [2.45, 2.75) is 31.7 Å². The van der Waals surface area contributed by atoms with Crippen molar-refractivity contribution in [1.82, 2.24) is 14.9 Å². The van der Waals surface area contributed by atoms with Gasteiger partial charge in [-0.2, -0.15) is 4.98 Å². The fourth-order valence-corrected chi connectivity index (χ4v) is 2.65. The number of benzene rings is 1. The number of anilines is 1. The van der Waals surface area contributed by atoms with E-state index in [1.54, 1.807) is 31.2 Å². The van der Waals surface area contributed by atoms with Crippen molar-refractivity contribution in [3.8, 4) is 0 Å². The SMILES string of the molecule is CCCNc1ccc(S(=O)(=O)NCc2nc(C)no2)cc1. The molecule has 2 N–H and O–H groups in total. The number of nitrogens with zero attached hydrogens (tertiary/aromatic N) is 2. The first-order chi connectivity index (χ1) is 10.0. The van der Waals surface area contributed by atoms with Crippen LogP contribution in [0.4, 0.5) is 5.69 Å². The molecule has 2 rings (SSSR count). The summed E-state index contributed by atoms with van der Waals surface area (Å²) < 4.78 is 31.5. The lowest BCUT2D eigenvalue weighted by Gasteiger charge is -2.07. The number of hydrogen-bond donors (Lipinski definition) is 2. The van der Waals surface area contributed by atoms with Crippen molar-refractivity contribution in [2.75, 3.05) is 11.9 Å². The van der Waals surface area contributed by atoms with E-state index in [0.717, 1.165) is 18.7 Å². The highest BCUT2D eigenvalue weighted by Gasteiger charge is 2.15.